The van der Waals surface area contributed by atoms with E-state index in [4.69, 9.17) is 9.47 Å². The Balaban J connectivity index is 2.99. The van der Waals surface area contributed by atoms with E-state index < -0.39 is 59.2 Å². The molecule has 0 aromatic heterocycles. The predicted molar refractivity (Wildman–Crippen MR) is 168 cm³/mol. The first-order valence-electron chi connectivity index (χ1n) is 14.8. The summed E-state index contributed by atoms with van der Waals surface area (Å²) >= 11 is 0. The van der Waals surface area contributed by atoms with Crippen molar-refractivity contribution in [1.82, 2.24) is 26.7 Å². The van der Waals surface area contributed by atoms with Crippen LogP contribution in [0.15, 0.2) is 35.4 Å². The second-order valence-corrected chi connectivity index (χ2v) is 12.6. The van der Waals surface area contributed by atoms with Gasteiger partial charge in [0, 0.05) is 18.7 Å². The zero-order valence-electron chi connectivity index (χ0n) is 27.5. The topological polar surface area (TPSA) is 176 Å². The lowest BCUT2D eigenvalue weighted by Gasteiger charge is -2.25. The molecule has 0 spiro atoms. The molecule has 1 rings (SSSR count). The number of ether oxygens (including phenoxy) is 2. The third-order valence-electron chi connectivity index (χ3n) is 5.65. The van der Waals surface area contributed by atoms with E-state index in [0.29, 0.717) is 25.1 Å². The molecular formula is C31H50N6O7. The van der Waals surface area contributed by atoms with Crippen LogP contribution in [-0.2, 0) is 30.3 Å². The summed E-state index contributed by atoms with van der Waals surface area (Å²) in [6.07, 6.45) is 0.0752. The maximum absolute atomic E-state index is 13.6. The average Bonchev–Trinajstić information content (AvgIpc) is 2.88. The molecule has 0 saturated carbocycles. The highest BCUT2D eigenvalue weighted by Crippen LogP contribution is 2.09. The molecule has 13 heteroatoms. The van der Waals surface area contributed by atoms with Gasteiger partial charge in [-0.2, -0.15) is 5.10 Å². The average molecular weight is 619 g/mol. The van der Waals surface area contributed by atoms with E-state index in [0.717, 1.165) is 5.56 Å². The van der Waals surface area contributed by atoms with Gasteiger partial charge in [-0.05, 0) is 87.1 Å². The maximum Gasteiger partial charge on any atom is 0.408 e. The van der Waals surface area contributed by atoms with Crippen LogP contribution in [0.1, 0.15) is 87.1 Å². The summed E-state index contributed by atoms with van der Waals surface area (Å²) in [5.41, 5.74) is 2.48. The molecule has 0 radical (unpaired) electrons. The number of nitrogens with one attached hydrogen (secondary N) is 5. The number of nitrogens with zero attached hydrogens (tertiary/aromatic N) is 1. The highest BCUT2D eigenvalue weighted by molar-refractivity contribution is 5.94. The Morgan fingerprint density at radius 2 is 1.32 bits per heavy atom. The number of rotatable bonds is 14. The zero-order chi connectivity index (χ0) is 33.5. The first-order chi connectivity index (χ1) is 20.4. The molecule has 44 heavy (non-hydrogen) atoms. The highest BCUT2D eigenvalue weighted by atomic mass is 16.6. The summed E-state index contributed by atoms with van der Waals surface area (Å²) in [6.45, 7) is 15.6. The van der Waals surface area contributed by atoms with Gasteiger partial charge >= 0.3 is 12.2 Å². The lowest BCUT2D eigenvalue weighted by atomic mass is 10.0. The Labute approximate surface area is 260 Å². The van der Waals surface area contributed by atoms with Gasteiger partial charge in [0.1, 0.15) is 29.3 Å². The molecule has 5 N–H and O–H groups in total. The molecule has 13 nitrogen and oxygen atoms in total. The fraction of sp³-hybridized carbons (Fsp3) is 0.613. The van der Waals surface area contributed by atoms with Crippen LogP contribution in [0.3, 0.4) is 0 Å². The lowest BCUT2D eigenvalue weighted by molar-refractivity contribution is -0.132. The molecule has 0 fully saturated rings. The Morgan fingerprint density at radius 1 is 0.750 bits per heavy atom. The zero-order valence-corrected chi connectivity index (χ0v) is 27.5. The van der Waals surface area contributed by atoms with Gasteiger partial charge < -0.3 is 30.7 Å². The molecule has 5 amide bonds. The van der Waals surface area contributed by atoms with Gasteiger partial charge in [-0.25, -0.2) is 15.0 Å². The molecule has 0 heterocycles. The Hall–Kier alpha value is -4.16. The highest BCUT2D eigenvalue weighted by Gasteiger charge is 2.29. The molecule has 3 atom stereocenters. The van der Waals surface area contributed by atoms with Crippen molar-refractivity contribution in [3.05, 3.63) is 35.9 Å². The van der Waals surface area contributed by atoms with E-state index in [1.54, 1.807) is 55.4 Å². The summed E-state index contributed by atoms with van der Waals surface area (Å²) in [5, 5.41) is 14.5. The van der Waals surface area contributed by atoms with Gasteiger partial charge in [-0.3, -0.25) is 14.4 Å². The summed E-state index contributed by atoms with van der Waals surface area (Å²) < 4.78 is 10.4. The minimum absolute atomic E-state index is 0.137. The first kappa shape index (κ1) is 37.9. The van der Waals surface area contributed by atoms with Gasteiger partial charge in [0.05, 0.1) is 0 Å². The Kier molecular flexibility index (Phi) is 15.3. The van der Waals surface area contributed by atoms with Gasteiger partial charge in [0.25, 0.3) is 5.91 Å². The van der Waals surface area contributed by atoms with Crippen molar-refractivity contribution in [2.45, 2.75) is 117 Å². The molecule has 0 aliphatic rings. The molecule has 3 unspecified atom stereocenters. The van der Waals surface area contributed by atoms with Crippen molar-refractivity contribution in [2.75, 3.05) is 6.54 Å². The van der Waals surface area contributed by atoms with E-state index in [-0.39, 0.29) is 12.8 Å². The molecule has 1 aromatic rings. The van der Waals surface area contributed by atoms with Crippen molar-refractivity contribution in [1.29, 1.82) is 0 Å². The predicted octanol–water partition coefficient (Wildman–Crippen LogP) is 3.32. The fourth-order valence-corrected chi connectivity index (χ4v) is 3.67. The van der Waals surface area contributed by atoms with Crippen LogP contribution in [0.4, 0.5) is 9.59 Å². The van der Waals surface area contributed by atoms with E-state index in [9.17, 15) is 24.0 Å². The number of hydrazone groups is 1. The first-order valence-corrected chi connectivity index (χ1v) is 14.8. The quantitative estimate of drug-likeness (QED) is 0.121. The minimum Gasteiger partial charge on any atom is -0.444 e. The van der Waals surface area contributed by atoms with Gasteiger partial charge in [0.15, 0.2) is 0 Å². The van der Waals surface area contributed by atoms with Crippen molar-refractivity contribution >= 4 is 35.6 Å². The normalized spacial score (nSPS) is 13.3. The van der Waals surface area contributed by atoms with Crippen LogP contribution in [0, 0.1) is 0 Å². The number of amides is 5. The van der Waals surface area contributed by atoms with E-state index >= 15 is 0 Å². The van der Waals surface area contributed by atoms with Gasteiger partial charge in [0.2, 0.25) is 11.8 Å². The molecular weight excluding hydrogens is 568 g/mol. The smallest absolute Gasteiger partial charge is 0.408 e. The van der Waals surface area contributed by atoms with Gasteiger partial charge in [-0.15, -0.1) is 0 Å². The minimum atomic E-state index is -1.06. The molecule has 246 valence electrons. The number of carbonyl (C=O) groups excluding carboxylic acids is 5. The number of alkyl carbamates (subject to hydrolysis) is 2. The van der Waals surface area contributed by atoms with E-state index in [1.807, 2.05) is 30.3 Å². The van der Waals surface area contributed by atoms with Crippen molar-refractivity contribution in [3.8, 4) is 0 Å². The van der Waals surface area contributed by atoms with Crippen molar-refractivity contribution in [3.63, 3.8) is 0 Å². The number of benzene rings is 1. The fourth-order valence-electron chi connectivity index (χ4n) is 3.67. The number of unbranched alkanes of at least 4 members (excludes halogenated alkanes) is 1. The maximum atomic E-state index is 13.6. The van der Waals surface area contributed by atoms with Crippen LogP contribution < -0.4 is 26.7 Å². The molecule has 0 aliphatic heterocycles. The summed E-state index contributed by atoms with van der Waals surface area (Å²) in [5.74, 6) is -1.72. The molecule has 0 bridgehead atoms. The standard InChI is InChI=1S/C31H50N6O7/c1-20(2)36-37-27(40)23(17-13-14-18-32-28(41)43-30(4,5)6)34-26(39)24(19-22-15-11-10-12-16-22)35-25(38)21(3)33-29(42)44-31(7,8)9/h10-12,15-16,21,23-24H,13-14,17-19H2,1-9H3,(H,32,41)(H,33,42)(H,34,39)(H,35,38)(H,37,40). The monoisotopic (exact) mass is 618 g/mol. The Morgan fingerprint density at radius 3 is 1.89 bits per heavy atom. The second kappa shape index (κ2) is 17.8. The summed E-state index contributed by atoms with van der Waals surface area (Å²) in [4.78, 5) is 63.7. The second-order valence-electron chi connectivity index (χ2n) is 12.6. The van der Waals surface area contributed by atoms with Crippen molar-refractivity contribution < 1.29 is 33.4 Å². The molecule has 0 saturated heterocycles. The summed E-state index contributed by atoms with van der Waals surface area (Å²) in [7, 11) is 0. The number of hydrogen-bond acceptors (Lipinski definition) is 8. The van der Waals surface area contributed by atoms with Crippen LogP contribution in [0.5, 0.6) is 0 Å². The lowest BCUT2D eigenvalue weighted by Crippen LogP contribution is -2.56. The largest absolute Gasteiger partial charge is 0.444 e. The van der Waals surface area contributed by atoms with Crippen LogP contribution >= 0.6 is 0 Å². The number of carbonyl (C=O) groups is 5. The van der Waals surface area contributed by atoms with Crippen LogP contribution in [0.2, 0.25) is 0 Å². The third-order valence-corrected chi connectivity index (χ3v) is 5.65. The molecule has 0 aliphatic carbocycles. The van der Waals surface area contributed by atoms with Crippen molar-refractivity contribution in [2.24, 2.45) is 5.10 Å². The van der Waals surface area contributed by atoms with E-state index in [1.165, 1.54) is 6.92 Å². The van der Waals surface area contributed by atoms with Crippen LogP contribution in [-0.4, -0.2) is 71.5 Å². The van der Waals surface area contributed by atoms with E-state index in [2.05, 4.69) is 31.8 Å². The van der Waals surface area contributed by atoms with Gasteiger partial charge in [-0.1, -0.05) is 30.3 Å². The Bertz CT molecular complexity index is 1140. The third kappa shape index (κ3) is 17.1. The molecule has 1 aromatic carbocycles. The SMILES string of the molecule is CC(C)=NNC(=O)C(CCCCNC(=O)OC(C)(C)C)NC(=O)C(Cc1ccccc1)NC(=O)C(C)NC(=O)OC(C)(C)C. The van der Waals surface area contributed by atoms with Crippen LogP contribution in [0.25, 0.3) is 0 Å². The summed E-state index contributed by atoms with van der Waals surface area (Å²) in [6, 6.07) is 6.04. The number of hydrogen-bond donors (Lipinski definition) is 5.